The molecule has 0 aliphatic heterocycles. The minimum absolute atomic E-state index is 0.177. The lowest BCUT2D eigenvalue weighted by atomic mass is 9.99. The third-order valence-corrected chi connectivity index (χ3v) is 2.65. The monoisotopic (exact) mass is 231 g/mol. The molecule has 1 aliphatic carbocycles. The molecule has 5 nitrogen and oxygen atoms in total. The van der Waals surface area contributed by atoms with Crippen LogP contribution < -0.4 is 5.32 Å². The van der Waals surface area contributed by atoms with Gasteiger partial charge in [0.2, 0.25) is 0 Å². The van der Waals surface area contributed by atoms with Crippen molar-refractivity contribution in [3.05, 3.63) is 0 Å². The van der Waals surface area contributed by atoms with E-state index in [4.69, 9.17) is 4.74 Å². The molecule has 3 N–H and O–H groups in total. The summed E-state index contributed by atoms with van der Waals surface area (Å²) < 4.78 is 5.12. The molecular weight excluding hydrogens is 210 g/mol. The van der Waals surface area contributed by atoms with E-state index in [0.717, 1.165) is 0 Å². The number of aliphatic hydroxyl groups is 2. The second-order valence-electron chi connectivity index (χ2n) is 5.46. The largest absolute Gasteiger partial charge is 0.444 e. The Bertz CT molecular complexity index is 261. The molecule has 1 fully saturated rings. The minimum atomic E-state index is -0.720. The third-order valence-electron chi connectivity index (χ3n) is 2.65. The first kappa shape index (κ1) is 13.3. The molecule has 16 heavy (non-hydrogen) atoms. The summed E-state index contributed by atoms with van der Waals surface area (Å²) in [6, 6.07) is 0. The van der Waals surface area contributed by atoms with Crippen LogP contribution >= 0.6 is 0 Å². The lowest BCUT2D eigenvalue weighted by Crippen LogP contribution is -2.51. The first-order valence-electron chi connectivity index (χ1n) is 5.56. The number of nitrogens with one attached hydrogen (secondary N) is 1. The number of carbonyl (C=O) groups is 1. The molecule has 0 aromatic heterocycles. The number of alkyl carbamates (subject to hydrolysis) is 1. The highest BCUT2D eigenvalue weighted by molar-refractivity contribution is 5.69. The van der Waals surface area contributed by atoms with Crippen molar-refractivity contribution in [3.63, 3.8) is 0 Å². The Morgan fingerprint density at radius 2 is 2.19 bits per heavy atom. The van der Waals surface area contributed by atoms with Gasteiger partial charge in [-0.3, -0.25) is 0 Å². The fourth-order valence-electron chi connectivity index (χ4n) is 1.91. The maximum Gasteiger partial charge on any atom is 0.408 e. The van der Waals surface area contributed by atoms with E-state index in [9.17, 15) is 15.0 Å². The zero-order chi connectivity index (χ0) is 12.4. The van der Waals surface area contributed by atoms with Gasteiger partial charge >= 0.3 is 6.09 Å². The number of rotatable bonds is 2. The number of hydrogen-bond donors (Lipinski definition) is 3. The maximum atomic E-state index is 11.6. The Balaban J connectivity index is 2.54. The maximum absolute atomic E-state index is 11.6. The Labute approximate surface area is 95.8 Å². The van der Waals surface area contributed by atoms with Crippen molar-refractivity contribution >= 4 is 6.09 Å². The van der Waals surface area contributed by atoms with E-state index in [1.165, 1.54) is 0 Å². The predicted octanol–water partition coefficient (Wildman–Crippen LogP) is 0.787. The Morgan fingerprint density at radius 1 is 1.56 bits per heavy atom. The first-order valence-corrected chi connectivity index (χ1v) is 5.56. The van der Waals surface area contributed by atoms with E-state index in [2.05, 4.69) is 5.32 Å². The lowest BCUT2D eigenvalue weighted by molar-refractivity contribution is 0.0387. The molecule has 1 amide bonds. The Hall–Kier alpha value is -0.810. The molecule has 1 rings (SSSR count). The molecule has 0 saturated heterocycles. The van der Waals surface area contributed by atoms with Crippen molar-refractivity contribution < 1.29 is 19.7 Å². The van der Waals surface area contributed by atoms with Crippen LogP contribution in [0.1, 0.15) is 40.0 Å². The number of ether oxygens (including phenoxy) is 1. The first-order chi connectivity index (χ1) is 7.26. The highest BCUT2D eigenvalue weighted by Gasteiger charge is 2.40. The van der Waals surface area contributed by atoms with Crippen LogP contribution in [0.15, 0.2) is 0 Å². The van der Waals surface area contributed by atoms with Crippen molar-refractivity contribution in [3.8, 4) is 0 Å². The molecule has 94 valence electrons. The SMILES string of the molecule is CC(C)(C)OC(=O)N[C@@]1(CO)CC[C@H](O)C1. The van der Waals surface area contributed by atoms with Crippen LogP contribution in [0, 0.1) is 0 Å². The van der Waals surface area contributed by atoms with Gasteiger partial charge in [-0.05, 0) is 40.0 Å². The van der Waals surface area contributed by atoms with Gasteiger partial charge in [0.15, 0.2) is 0 Å². The summed E-state index contributed by atoms with van der Waals surface area (Å²) >= 11 is 0. The normalized spacial score (nSPS) is 30.2. The summed E-state index contributed by atoms with van der Waals surface area (Å²) in [6.45, 7) is 5.16. The van der Waals surface area contributed by atoms with Gasteiger partial charge in [0, 0.05) is 0 Å². The van der Waals surface area contributed by atoms with Gasteiger partial charge in [0.05, 0.1) is 18.2 Å². The molecule has 1 aliphatic rings. The van der Waals surface area contributed by atoms with Gasteiger partial charge in [0.25, 0.3) is 0 Å². The second-order valence-corrected chi connectivity index (χ2v) is 5.46. The van der Waals surface area contributed by atoms with Crippen LogP contribution in [0.4, 0.5) is 4.79 Å². The smallest absolute Gasteiger partial charge is 0.408 e. The predicted molar refractivity (Wildman–Crippen MR) is 59.0 cm³/mol. The van der Waals surface area contributed by atoms with E-state index >= 15 is 0 Å². The summed E-state index contributed by atoms with van der Waals surface area (Å²) in [5.41, 5.74) is -1.28. The summed E-state index contributed by atoms with van der Waals surface area (Å²) in [5, 5.41) is 21.4. The molecule has 0 aromatic rings. The Morgan fingerprint density at radius 3 is 2.56 bits per heavy atom. The van der Waals surface area contributed by atoms with Gasteiger partial charge in [-0.25, -0.2) is 4.79 Å². The minimum Gasteiger partial charge on any atom is -0.444 e. The van der Waals surface area contributed by atoms with Gasteiger partial charge in [-0.15, -0.1) is 0 Å². The zero-order valence-corrected chi connectivity index (χ0v) is 10.1. The fraction of sp³-hybridized carbons (Fsp3) is 0.909. The standard InChI is InChI=1S/C11H21NO4/c1-10(2,3)16-9(15)12-11(7-13)5-4-8(14)6-11/h8,13-14H,4-7H2,1-3H3,(H,12,15)/t8-,11-/m0/s1. The van der Waals surface area contributed by atoms with Gasteiger partial charge < -0.3 is 20.3 Å². The average molecular weight is 231 g/mol. The summed E-state index contributed by atoms with van der Waals surface area (Å²) in [5.74, 6) is 0. The van der Waals surface area contributed by atoms with Crippen LogP contribution in [0.3, 0.4) is 0 Å². The number of carbonyl (C=O) groups excluding carboxylic acids is 1. The van der Waals surface area contributed by atoms with E-state index in [0.29, 0.717) is 19.3 Å². The van der Waals surface area contributed by atoms with Crippen molar-refractivity contribution in [1.29, 1.82) is 0 Å². The van der Waals surface area contributed by atoms with Crippen molar-refractivity contribution in [1.82, 2.24) is 5.32 Å². The van der Waals surface area contributed by atoms with Crippen molar-refractivity contribution in [2.24, 2.45) is 0 Å². The van der Waals surface area contributed by atoms with Gasteiger partial charge in [-0.2, -0.15) is 0 Å². The molecule has 1 saturated carbocycles. The van der Waals surface area contributed by atoms with E-state index in [1.54, 1.807) is 20.8 Å². The second kappa shape index (κ2) is 4.59. The molecule has 0 unspecified atom stereocenters. The summed E-state index contributed by atoms with van der Waals surface area (Å²) in [4.78, 5) is 11.6. The van der Waals surface area contributed by atoms with Gasteiger partial charge in [0.1, 0.15) is 5.60 Å². The highest BCUT2D eigenvalue weighted by atomic mass is 16.6. The van der Waals surface area contributed by atoms with Crippen molar-refractivity contribution in [2.75, 3.05) is 6.61 Å². The van der Waals surface area contributed by atoms with Crippen LogP contribution in [-0.4, -0.2) is 40.2 Å². The highest BCUT2D eigenvalue weighted by Crippen LogP contribution is 2.29. The quantitative estimate of drug-likeness (QED) is 0.656. The topological polar surface area (TPSA) is 78.8 Å². The third kappa shape index (κ3) is 3.64. The van der Waals surface area contributed by atoms with Crippen LogP contribution in [0.5, 0.6) is 0 Å². The zero-order valence-electron chi connectivity index (χ0n) is 10.1. The van der Waals surface area contributed by atoms with Crippen molar-refractivity contribution in [2.45, 2.75) is 57.3 Å². The summed E-state index contributed by atoms with van der Waals surface area (Å²) in [6.07, 6.45) is 0.543. The molecule has 0 bridgehead atoms. The number of amides is 1. The summed E-state index contributed by atoms with van der Waals surface area (Å²) in [7, 11) is 0. The molecule has 5 heteroatoms. The van der Waals surface area contributed by atoms with E-state index < -0.39 is 23.3 Å². The lowest BCUT2D eigenvalue weighted by Gasteiger charge is -2.29. The number of hydrogen-bond acceptors (Lipinski definition) is 4. The molecule has 0 radical (unpaired) electrons. The Kier molecular flexibility index (Phi) is 3.80. The van der Waals surface area contributed by atoms with Gasteiger partial charge in [-0.1, -0.05) is 0 Å². The van der Waals surface area contributed by atoms with E-state index in [1.807, 2.05) is 0 Å². The molecule has 0 heterocycles. The number of aliphatic hydroxyl groups excluding tert-OH is 2. The van der Waals surface area contributed by atoms with E-state index in [-0.39, 0.29) is 6.61 Å². The van der Waals surface area contributed by atoms with Crippen LogP contribution in [0.2, 0.25) is 0 Å². The molecule has 0 aromatic carbocycles. The molecular formula is C11H21NO4. The van der Waals surface area contributed by atoms with Crippen LogP contribution in [-0.2, 0) is 4.74 Å². The van der Waals surface area contributed by atoms with Crippen LogP contribution in [0.25, 0.3) is 0 Å². The fourth-order valence-corrected chi connectivity index (χ4v) is 1.91. The average Bonchev–Trinajstić information content (AvgIpc) is 2.44. The molecule has 0 spiro atoms. The molecule has 2 atom stereocenters.